The van der Waals surface area contributed by atoms with E-state index < -0.39 is 0 Å². The summed E-state index contributed by atoms with van der Waals surface area (Å²) >= 11 is 0. The average Bonchev–Trinajstić information content (AvgIpc) is 2.47. The van der Waals surface area contributed by atoms with Gasteiger partial charge in [0, 0.05) is 18.4 Å². The van der Waals surface area contributed by atoms with Gasteiger partial charge in [-0.05, 0) is 42.0 Å². The molecule has 0 N–H and O–H groups in total. The Bertz CT molecular complexity index is 517. The molecule has 2 heteroatoms. The SMILES string of the molecule is C=C(c1ccc(OC)cc1)N(C)c1ccccc1. The molecule has 0 aromatic heterocycles. The molecule has 2 aromatic rings. The van der Waals surface area contributed by atoms with Gasteiger partial charge in [0.05, 0.1) is 7.11 Å². The molecule has 92 valence electrons. The van der Waals surface area contributed by atoms with Crippen molar-refractivity contribution in [3.63, 3.8) is 0 Å². The summed E-state index contributed by atoms with van der Waals surface area (Å²) < 4.78 is 5.15. The van der Waals surface area contributed by atoms with Crippen LogP contribution in [0.2, 0.25) is 0 Å². The fourth-order valence-corrected chi connectivity index (χ4v) is 1.78. The van der Waals surface area contributed by atoms with Gasteiger partial charge in [0.25, 0.3) is 0 Å². The number of para-hydroxylation sites is 1. The molecule has 0 heterocycles. The Hall–Kier alpha value is -2.22. The number of nitrogens with zero attached hydrogens (tertiary/aromatic N) is 1. The van der Waals surface area contributed by atoms with Crippen molar-refractivity contribution >= 4 is 11.4 Å². The molecule has 0 aliphatic heterocycles. The predicted octanol–water partition coefficient (Wildman–Crippen LogP) is 3.80. The molecule has 0 fully saturated rings. The van der Waals surface area contributed by atoms with Crippen LogP contribution in [-0.2, 0) is 0 Å². The molecule has 0 radical (unpaired) electrons. The van der Waals surface area contributed by atoms with Gasteiger partial charge in [-0.25, -0.2) is 0 Å². The van der Waals surface area contributed by atoms with Crippen molar-refractivity contribution in [1.82, 2.24) is 0 Å². The lowest BCUT2D eigenvalue weighted by Gasteiger charge is -2.22. The molecule has 2 nitrogen and oxygen atoms in total. The standard InChI is InChI=1S/C16H17NO/c1-13(14-9-11-16(18-3)12-10-14)17(2)15-7-5-4-6-8-15/h4-12H,1H2,2-3H3. The van der Waals surface area contributed by atoms with Crippen LogP contribution < -0.4 is 9.64 Å². The quantitative estimate of drug-likeness (QED) is 0.804. The van der Waals surface area contributed by atoms with E-state index in [1.165, 1.54) is 0 Å². The lowest BCUT2D eigenvalue weighted by atomic mass is 10.1. The van der Waals surface area contributed by atoms with Gasteiger partial charge < -0.3 is 9.64 Å². The molecule has 18 heavy (non-hydrogen) atoms. The molecule has 0 unspecified atom stereocenters. The van der Waals surface area contributed by atoms with Crippen LogP contribution in [0.25, 0.3) is 5.70 Å². The van der Waals surface area contributed by atoms with Gasteiger partial charge in [-0.1, -0.05) is 24.8 Å². The van der Waals surface area contributed by atoms with Crippen molar-refractivity contribution in [3.8, 4) is 5.75 Å². The first-order chi connectivity index (χ1) is 8.72. The first kappa shape index (κ1) is 12.2. The summed E-state index contributed by atoms with van der Waals surface area (Å²) in [6.45, 7) is 4.14. The van der Waals surface area contributed by atoms with E-state index in [-0.39, 0.29) is 0 Å². The van der Waals surface area contributed by atoms with E-state index in [1.807, 2.05) is 49.5 Å². The maximum Gasteiger partial charge on any atom is 0.118 e. The van der Waals surface area contributed by atoms with Crippen molar-refractivity contribution in [2.24, 2.45) is 0 Å². The van der Waals surface area contributed by atoms with Gasteiger partial charge >= 0.3 is 0 Å². The normalized spacial score (nSPS) is 9.89. The monoisotopic (exact) mass is 239 g/mol. The molecule has 2 rings (SSSR count). The molecule has 0 aliphatic carbocycles. The van der Waals surface area contributed by atoms with Gasteiger partial charge in [0.2, 0.25) is 0 Å². The van der Waals surface area contributed by atoms with Gasteiger partial charge in [-0.3, -0.25) is 0 Å². The van der Waals surface area contributed by atoms with E-state index in [9.17, 15) is 0 Å². The minimum atomic E-state index is 0.855. The second kappa shape index (κ2) is 5.41. The molecule has 0 aliphatic rings. The summed E-state index contributed by atoms with van der Waals surface area (Å²) in [5.41, 5.74) is 3.17. The number of methoxy groups -OCH3 is 1. The van der Waals surface area contributed by atoms with Crippen LogP contribution in [0.5, 0.6) is 5.75 Å². The number of anilines is 1. The maximum absolute atomic E-state index is 5.15. The highest BCUT2D eigenvalue weighted by molar-refractivity contribution is 5.77. The van der Waals surface area contributed by atoms with E-state index >= 15 is 0 Å². The Morgan fingerprint density at radius 2 is 1.61 bits per heavy atom. The van der Waals surface area contributed by atoms with E-state index in [4.69, 9.17) is 4.74 Å². The Morgan fingerprint density at radius 3 is 2.17 bits per heavy atom. The van der Waals surface area contributed by atoms with Gasteiger partial charge in [-0.15, -0.1) is 0 Å². The summed E-state index contributed by atoms with van der Waals surface area (Å²) in [5.74, 6) is 0.855. The van der Waals surface area contributed by atoms with Crippen molar-refractivity contribution in [1.29, 1.82) is 0 Å². The maximum atomic E-state index is 5.15. The summed E-state index contributed by atoms with van der Waals surface area (Å²) in [5, 5.41) is 0. The van der Waals surface area contributed by atoms with Crippen molar-refractivity contribution in [2.45, 2.75) is 0 Å². The van der Waals surface area contributed by atoms with Gasteiger partial charge in [0.1, 0.15) is 5.75 Å². The average molecular weight is 239 g/mol. The minimum absolute atomic E-state index is 0.855. The molecular weight excluding hydrogens is 222 g/mol. The lowest BCUT2D eigenvalue weighted by Crippen LogP contribution is -2.14. The minimum Gasteiger partial charge on any atom is -0.497 e. The highest BCUT2D eigenvalue weighted by Gasteiger charge is 2.06. The number of ether oxygens (including phenoxy) is 1. The Balaban J connectivity index is 2.20. The Kier molecular flexibility index (Phi) is 3.68. The van der Waals surface area contributed by atoms with E-state index in [2.05, 4.69) is 23.6 Å². The number of rotatable bonds is 4. The molecule has 0 saturated carbocycles. The lowest BCUT2D eigenvalue weighted by molar-refractivity contribution is 0.415. The summed E-state index contributed by atoms with van der Waals surface area (Å²) in [4.78, 5) is 2.07. The predicted molar refractivity (Wildman–Crippen MR) is 76.9 cm³/mol. The zero-order valence-electron chi connectivity index (χ0n) is 10.8. The van der Waals surface area contributed by atoms with Crippen LogP contribution in [0.3, 0.4) is 0 Å². The van der Waals surface area contributed by atoms with E-state index in [0.717, 1.165) is 22.7 Å². The van der Waals surface area contributed by atoms with Crippen molar-refractivity contribution in [2.75, 3.05) is 19.1 Å². The molecule has 0 saturated heterocycles. The van der Waals surface area contributed by atoms with Crippen LogP contribution in [0.1, 0.15) is 5.56 Å². The molecule has 0 bridgehead atoms. The Labute approximate surface area is 108 Å². The highest BCUT2D eigenvalue weighted by atomic mass is 16.5. The third kappa shape index (κ3) is 2.54. The summed E-state index contributed by atoms with van der Waals surface area (Å²) in [6.07, 6.45) is 0. The van der Waals surface area contributed by atoms with Crippen LogP contribution in [0, 0.1) is 0 Å². The molecule has 0 atom stereocenters. The third-order valence-electron chi connectivity index (χ3n) is 2.97. The molecule has 0 spiro atoms. The fraction of sp³-hybridized carbons (Fsp3) is 0.125. The van der Waals surface area contributed by atoms with Crippen LogP contribution in [0.4, 0.5) is 5.69 Å². The largest absolute Gasteiger partial charge is 0.497 e. The van der Waals surface area contributed by atoms with Gasteiger partial charge in [0.15, 0.2) is 0 Å². The van der Waals surface area contributed by atoms with Crippen LogP contribution in [-0.4, -0.2) is 14.2 Å². The third-order valence-corrected chi connectivity index (χ3v) is 2.97. The fourth-order valence-electron chi connectivity index (χ4n) is 1.78. The van der Waals surface area contributed by atoms with Crippen LogP contribution in [0.15, 0.2) is 61.2 Å². The van der Waals surface area contributed by atoms with E-state index in [1.54, 1.807) is 7.11 Å². The topological polar surface area (TPSA) is 12.5 Å². The highest BCUT2D eigenvalue weighted by Crippen LogP contribution is 2.24. The summed E-state index contributed by atoms with van der Waals surface area (Å²) in [6, 6.07) is 18.1. The van der Waals surface area contributed by atoms with Crippen molar-refractivity contribution in [3.05, 3.63) is 66.7 Å². The van der Waals surface area contributed by atoms with Crippen LogP contribution >= 0.6 is 0 Å². The number of hydrogen-bond donors (Lipinski definition) is 0. The smallest absolute Gasteiger partial charge is 0.118 e. The first-order valence-electron chi connectivity index (χ1n) is 5.84. The first-order valence-corrected chi connectivity index (χ1v) is 5.84. The van der Waals surface area contributed by atoms with E-state index in [0.29, 0.717) is 0 Å². The Morgan fingerprint density at radius 1 is 1.00 bits per heavy atom. The van der Waals surface area contributed by atoms with Crippen molar-refractivity contribution < 1.29 is 4.74 Å². The number of hydrogen-bond acceptors (Lipinski definition) is 2. The zero-order valence-corrected chi connectivity index (χ0v) is 10.8. The summed E-state index contributed by atoms with van der Waals surface area (Å²) in [7, 11) is 3.68. The second-order valence-corrected chi connectivity index (χ2v) is 4.07. The second-order valence-electron chi connectivity index (χ2n) is 4.07. The van der Waals surface area contributed by atoms with Gasteiger partial charge in [-0.2, -0.15) is 0 Å². The molecule has 0 amide bonds. The molecular formula is C16H17NO. The zero-order chi connectivity index (χ0) is 13.0. The molecule has 2 aromatic carbocycles. The number of benzene rings is 2.